The number of anilines is 1. The maximum Gasteiger partial charge on any atom is 0.236 e. The Bertz CT molecular complexity index is 1060. The fourth-order valence-corrected chi connectivity index (χ4v) is 4.17. The number of para-hydroxylation sites is 1. The standard InChI is InChI=1S/C18H15N5OS2/c1-12-7-8-14-15(9-12)26-17(20-14)21-16(24)10-25-18-22-19-11-23(18)13-5-3-2-4-6-13/h2-9,11H,10H2,1H3,(H,20,21,24). The Hall–Kier alpha value is -2.71. The summed E-state index contributed by atoms with van der Waals surface area (Å²) in [7, 11) is 0. The van der Waals surface area contributed by atoms with Crippen LogP contribution in [0.3, 0.4) is 0 Å². The molecule has 0 atom stereocenters. The highest BCUT2D eigenvalue weighted by Gasteiger charge is 2.12. The van der Waals surface area contributed by atoms with Crippen LogP contribution in [0.15, 0.2) is 60.0 Å². The Kier molecular flexibility index (Phi) is 4.68. The van der Waals surface area contributed by atoms with Gasteiger partial charge in [0.2, 0.25) is 5.91 Å². The summed E-state index contributed by atoms with van der Waals surface area (Å²) < 4.78 is 2.93. The molecule has 0 saturated heterocycles. The summed E-state index contributed by atoms with van der Waals surface area (Å²) in [5.41, 5.74) is 3.03. The van der Waals surface area contributed by atoms with E-state index < -0.39 is 0 Å². The van der Waals surface area contributed by atoms with Crippen LogP contribution in [0.4, 0.5) is 5.13 Å². The lowest BCUT2D eigenvalue weighted by atomic mass is 10.2. The van der Waals surface area contributed by atoms with Crippen molar-refractivity contribution in [2.45, 2.75) is 12.1 Å². The minimum Gasteiger partial charge on any atom is -0.301 e. The van der Waals surface area contributed by atoms with Gasteiger partial charge in [-0.25, -0.2) is 4.98 Å². The molecule has 0 aliphatic rings. The molecule has 0 radical (unpaired) electrons. The number of carbonyl (C=O) groups excluding carboxylic acids is 1. The molecule has 0 unspecified atom stereocenters. The van der Waals surface area contributed by atoms with E-state index in [4.69, 9.17) is 0 Å². The number of aryl methyl sites for hydroxylation is 1. The molecule has 130 valence electrons. The predicted molar refractivity (Wildman–Crippen MR) is 105 cm³/mol. The van der Waals surface area contributed by atoms with Crippen molar-refractivity contribution in [3.8, 4) is 5.69 Å². The molecule has 0 spiro atoms. The Labute approximate surface area is 158 Å². The van der Waals surface area contributed by atoms with E-state index in [2.05, 4.69) is 26.6 Å². The first-order chi connectivity index (χ1) is 12.7. The number of thiazole rings is 1. The van der Waals surface area contributed by atoms with Crippen LogP contribution < -0.4 is 5.32 Å². The van der Waals surface area contributed by atoms with Crippen LogP contribution in [-0.2, 0) is 4.79 Å². The summed E-state index contributed by atoms with van der Waals surface area (Å²) in [5, 5.41) is 12.2. The van der Waals surface area contributed by atoms with Gasteiger partial charge in [-0.2, -0.15) is 0 Å². The van der Waals surface area contributed by atoms with Crippen molar-refractivity contribution in [1.29, 1.82) is 0 Å². The summed E-state index contributed by atoms with van der Waals surface area (Å²) >= 11 is 2.82. The third kappa shape index (κ3) is 3.61. The van der Waals surface area contributed by atoms with Crippen LogP contribution in [0.25, 0.3) is 15.9 Å². The van der Waals surface area contributed by atoms with Crippen molar-refractivity contribution < 1.29 is 4.79 Å². The Morgan fingerprint density at radius 2 is 2.08 bits per heavy atom. The van der Waals surface area contributed by atoms with Crippen molar-refractivity contribution in [1.82, 2.24) is 19.7 Å². The number of nitrogens with zero attached hydrogens (tertiary/aromatic N) is 4. The number of hydrogen-bond acceptors (Lipinski definition) is 6. The molecule has 2 heterocycles. The maximum absolute atomic E-state index is 12.3. The van der Waals surface area contributed by atoms with E-state index in [1.54, 1.807) is 6.33 Å². The van der Waals surface area contributed by atoms with Gasteiger partial charge in [0.05, 0.1) is 16.0 Å². The average Bonchev–Trinajstić information content (AvgIpc) is 3.26. The molecule has 6 nitrogen and oxygen atoms in total. The van der Waals surface area contributed by atoms with Crippen LogP contribution in [0.5, 0.6) is 0 Å². The van der Waals surface area contributed by atoms with Gasteiger partial charge in [0.25, 0.3) is 0 Å². The second kappa shape index (κ2) is 7.27. The highest BCUT2D eigenvalue weighted by molar-refractivity contribution is 7.99. The summed E-state index contributed by atoms with van der Waals surface area (Å²) in [6.07, 6.45) is 1.64. The number of carbonyl (C=O) groups is 1. The van der Waals surface area contributed by atoms with E-state index in [1.165, 1.54) is 28.7 Å². The molecule has 0 aliphatic heterocycles. The molecule has 8 heteroatoms. The van der Waals surface area contributed by atoms with Crippen molar-refractivity contribution in [2.24, 2.45) is 0 Å². The summed E-state index contributed by atoms with van der Waals surface area (Å²) in [5.74, 6) is 0.119. The van der Waals surface area contributed by atoms with Crippen molar-refractivity contribution in [2.75, 3.05) is 11.1 Å². The van der Waals surface area contributed by atoms with Gasteiger partial charge in [0, 0.05) is 5.69 Å². The third-order valence-electron chi connectivity index (χ3n) is 3.67. The molecule has 1 amide bonds. The lowest BCUT2D eigenvalue weighted by Crippen LogP contribution is -2.14. The van der Waals surface area contributed by atoms with E-state index in [0.29, 0.717) is 10.3 Å². The van der Waals surface area contributed by atoms with Crippen molar-refractivity contribution in [3.63, 3.8) is 0 Å². The predicted octanol–water partition coefficient (Wildman–Crippen LogP) is 3.92. The minimum absolute atomic E-state index is 0.117. The molecule has 4 rings (SSSR count). The van der Waals surface area contributed by atoms with Gasteiger partial charge in [-0.15, -0.1) is 10.2 Å². The molecule has 2 aromatic carbocycles. The fraction of sp³-hybridized carbons (Fsp3) is 0.111. The lowest BCUT2D eigenvalue weighted by molar-refractivity contribution is -0.113. The van der Waals surface area contributed by atoms with Crippen molar-refractivity contribution in [3.05, 3.63) is 60.4 Å². The number of aromatic nitrogens is 4. The summed E-state index contributed by atoms with van der Waals surface area (Å²) in [4.78, 5) is 16.7. The van der Waals surface area contributed by atoms with E-state index in [0.717, 1.165) is 15.9 Å². The zero-order valence-electron chi connectivity index (χ0n) is 13.9. The van der Waals surface area contributed by atoms with Gasteiger partial charge in [0.1, 0.15) is 6.33 Å². The number of nitrogens with one attached hydrogen (secondary N) is 1. The molecule has 0 bridgehead atoms. The number of fused-ring (bicyclic) bond motifs is 1. The average molecular weight is 381 g/mol. The van der Waals surface area contributed by atoms with E-state index in [1.807, 2.05) is 54.0 Å². The maximum atomic E-state index is 12.3. The number of amides is 1. The normalized spacial score (nSPS) is 11.0. The van der Waals surface area contributed by atoms with Crippen molar-refractivity contribution >= 4 is 44.4 Å². The molecule has 2 aromatic heterocycles. The number of rotatable bonds is 5. The second-order valence-electron chi connectivity index (χ2n) is 5.65. The van der Waals surface area contributed by atoms with E-state index >= 15 is 0 Å². The number of benzene rings is 2. The van der Waals surface area contributed by atoms with Gasteiger partial charge >= 0.3 is 0 Å². The largest absolute Gasteiger partial charge is 0.301 e. The highest BCUT2D eigenvalue weighted by atomic mass is 32.2. The number of hydrogen-bond donors (Lipinski definition) is 1. The van der Waals surface area contributed by atoms with Gasteiger partial charge in [0.15, 0.2) is 10.3 Å². The molecule has 26 heavy (non-hydrogen) atoms. The highest BCUT2D eigenvalue weighted by Crippen LogP contribution is 2.27. The zero-order chi connectivity index (χ0) is 17.9. The minimum atomic E-state index is -0.117. The van der Waals surface area contributed by atoms with Crippen LogP contribution in [0, 0.1) is 6.92 Å². The molecular weight excluding hydrogens is 366 g/mol. The number of thioether (sulfide) groups is 1. The molecule has 0 fully saturated rings. The molecular formula is C18H15N5OS2. The Morgan fingerprint density at radius 3 is 2.92 bits per heavy atom. The van der Waals surface area contributed by atoms with Gasteiger partial charge in [-0.05, 0) is 36.8 Å². The first kappa shape index (κ1) is 16.7. The van der Waals surface area contributed by atoms with Crippen LogP contribution >= 0.6 is 23.1 Å². The summed E-state index contributed by atoms with van der Waals surface area (Å²) in [6.45, 7) is 2.04. The molecule has 0 aliphatic carbocycles. The molecule has 4 aromatic rings. The second-order valence-corrected chi connectivity index (χ2v) is 7.62. The molecule has 0 saturated carbocycles. The smallest absolute Gasteiger partial charge is 0.236 e. The van der Waals surface area contributed by atoms with Crippen LogP contribution in [-0.4, -0.2) is 31.4 Å². The monoisotopic (exact) mass is 381 g/mol. The van der Waals surface area contributed by atoms with E-state index in [9.17, 15) is 4.79 Å². The van der Waals surface area contributed by atoms with Crippen LogP contribution in [0.1, 0.15) is 5.56 Å². The quantitative estimate of drug-likeness (QED) is 0.531. The molecule has 1 N–H and O–H groups in total. The Morgan fingerprint density at radius 1 is 1.23 bits per heavy atom. The topological polar surface area (TPSA) is 72.7 Å². The zero-order valence-corrected chi connectivity index (χ0v) is 15.5. The first-order valence-corrected chi connectivity index (χ1v) is 9.74. The van der Waals surface area contributed by atoms with Gasteiger partial charge in [-0.1, -0.05) is 47.4 Å². The fourth-order valence-electron chi connectivity index (χ4n) is 2.46. The Balaban J connectivity index is 1.42. The third-order valence-corrected chi connectivity index (χ3v) is 5.55. The summed E-state index contributed by atoms with van der Waals surface area (Å²) in [6, 6.07) is 15.8. The van der Waals surface area contributed by atoms with Gasteiger partial charge in [-0.3, -0.25) is 9.36 Å². The van der Waals surface area contributed by atoms with Crippen LogP contribution in [0.2, 0.25) is 0 Å². The van der Waals surface area contributed by atoms with Gasteiger partial charge < -0.3 is 5.32 Å². The first-order valence-electron chi connectivity index (χ1n) is 7.94. The van der Waals surface area contributed by atoms with E-state index in [-0.39, 0.29) is 11.7 Å². The SMILES string of the molecule is Cc1ccc2nc(NC(=O)CSc3nncn3-c3ccccc3)sc2c1. The lowest BCUT2D eigenvalue weighted by Gasteiger charge is -2.05.